The molecule has 2 heterocycles. The van der Waals surface area contributed by atoms with E-state index in [0.717, 1.165) is 0 Å². The highest BCUT2D eigenvalue weighted by molar-refractivity contribution is 7.89. The van der Waals surface area contributed by atoms with Gasteiger partial charge >= 0.3 is 0 Å². The molecule has 112 valence electrons. The Morgan fingerprint density at radius 2 is 2.25 bits per heavy atom. The average Bonchev–Trinajstić information content (AvgIpc) is 2.37. The zero-order valence-electron chi connectivity index (χ0n) is 11.6. The molecule has 1 unspecified atom stereocenters. The van der Waals surface area contributed by atoms with Gasteiger partial charge in [0.25, 0.3) is 0 Å². The van der Waals surface area contributed by atoms with Crippen molar-refractivity contribution in [1.82, 2.24) is 9.71 Å². The van der Waals surface area contributed by atoms with Crippen molar-refractivity contribution in [3.63, 3.8) is 0 Å². The molecule has 0 spiro atoms. The van der Waals surface area contributed by atoms with Crippen LogP contribution in [0.2, 0.25) is 0 Å². The largest absolute Gasteiger partial charge is 0.375 e. The summed E-state index contributed by atoms with van der Waals surface area (Å²) in [5.41, 5.74) is 2.37. The van der Waals surface area contributed by atoms with Crippen molar-refractivity contribution in [3.8, 4) is 0 Å². The number of sulfonamides is 1. The average molecular weight is 300 g/mol. The molecule has 2 rings (SSSR count). The molecular weight excluding hydrogens is 280 g/mol. The number of nitrogens with two attached hydrogens (primary N) is 1. The Morgan fingerprint density at radius 1 is 1.50 bits per heavy atom. The zero-order valence-corrected chi connectivity index (χ0v) is 12.4. The molecular formula is C12H20N4O3S. The number of hydrogen-bond acceptors (Lipinski definition) is 6. The SMILES string of the molecule is CC1(C)CC(NS(=O)(=O)c2cnccc2NN)CCO1. The molecule has 1 aromatic rings. The maximum absolute atomic E-state index is 12.4. The van der Waals surface area contributed by atoms with E-state index < -0.39 is 10.0 Å². The van der Waals surface area contributed by atoms with Crippen LogP contribution >= 0.6 is 0 Å². The van der Waals surface area contributed by atoms with Gasteiger partial charge in [0, 0.05) is 25.0 Å². The number of aromatic nitrogens is 1. The standard InChI is InChI=1S/C12H20N4O3S/c1-12(2)7-9(4-6-19-12)16-20(17,18)11-8-14-5-3-10(11)15-13/h3,5,8-9,16H,4,6-7,13H2,1-2H3,(H,14,15). The Morgan fingerprint density at radius 3 is 2.90 bits per heavy atom. The van der Waals surface area contributed by atoms with Crippen molar-refractivity contribution >= 4 is 15.7 Å². The predicted octanol–water partition coefficient (Wildman–Crippen LogP) is 0.603. The van der Waals surface area contributed by atoms with Gasteiger partial charge in [-0.2, -0.15) is 0 Å². The number of nitrogen functional groups attached to an aromatic ring is 1. The van der Waals surface area contributed by atoms with E-state index in [4.69, 9.17) is 10.6 Å². The number of hydrogen-bond donors (Lipinski definition) is 3. The second-order valence-corrected chi connectivity index (χ2v) is 7.12. The van der Waals surface area contributed by atoms with E-state index >= 15 is 0 Å². The molecule has 0 aliphatic carbocycles. The molecule has 0 amide bonds. The third-order valence-electron chi connectivity index (χ3n) is 3.25. The van der Waals surface area contributed by atoms with Crippen LogP contribution in [0.15, 0.2) is 23.4 Å². The maximum atomic E-state index is 12.4. The minimum atomic E-state index is -3.66. The van der Waals surface area contributed by atoms with E-state index in [-0.39, 0.29) is 16.5 Å². The van der Waals surface area contributed by atoms with E-state index in [1.54, 1.807) is 0 Å². The summed E-state index contributed by atoms with van der Waals surface area (Å²) >= 11 is 0. The van der Waals surface area contributed by atoms with Crippen LogP contribution in [0, 0.1) is 0 Å². The molecule has 1 aliphatic rings. The molecule has 4 N–H and O–H groups in total. The summed E-state index contributed by atoms with van der Waals surface area (Å²) in [5, 5.41) is 0. The summed E-state index contributed by atoms with van der Waals surface area (Å²) in [6.07, 6.45) is 4.03. The lowest BCUT2D eigenvalue weighted by molar-refractivity contribution is -0.0599. The van der Waals surface area contributed by atoms with Crippen molar-refractivity contribution in [2.24, 2.45) is 5.84 Å². The van der Waals surface area contributed by atoms with E-state index in [9.17, 15) is 8.42 Å². The van der Waals surface area contributed by atoms with Crippen LogP contribution < -0.4 is 16.0 Å². The lowest BCUT2D eigenvalue weighted by Crippen LogP contribution is -2.45. The van der Waals surface area contributed by atoms with Gasteiger partial charge < -0.3 is 10.2 Å². The van der Waals surface area contributed by atoms with Crippen molar-refractivity contribution in [1.29, 1.82) is 0 Å². The third kappa shape index (κ3) is 3.45. The smallest absolute Gasteiger partial charge is 0.244 e. The van der Waals surface area contributed by atoms with Crippen LogP contribution in [0.4, 0.5) is 5.69 Å². The van der Waals surface area contributed by atoms with Gasteiger partial charge in [-0.1, -0.05) is 0 Å². The molecule has 20 heavy (non-hydrogen) atoms. The predicted molar refractivity (Wildman–Crippen MR) is 75.4 cm³/mol. The van der Waals surface area contributed by atoms with Gasteiger partial charge in [0.2, 0.25) is 10.0 Å². The second-order valence-electron chi connectivity index (χ2n) is 5.44. The van der Waals surface area contributed by atoms with Gasteiger partial charge in [-0.25, -0.2) is 13.1 Å². The van der Waals surface area contributed by atoms with Crippen LogP contribution in [-0.4, -0.2) is 31.7 Å². The summed E-state index contributed by atoms with van der Waals surface area (Å²) < 4.78 is 33.1. The molecule has 0 aromatic carbocycles. The first-order valence-electron chi connectivity index (χ1n) is 6.41. The van der Waals surface area contributed by atoms with Crippen LogP contribution in [0.1, 0.15) is 26.7 Å². The first-order valence-corrected chi connectivity index (χ1v) is 7.89. The van der Waals surface area contributed by atoms with Gasteiger partial charge in [-0.15, -0.1) is 0 Å². The molecule has 0 bridgehead atoms. The topological polar surface area (TPSA) is 106 Å². The summed E-state index contributed by atoms with van der Waals surface area (Å²) in [6.45, 7) is 4.43. The lowest BCUT2D eigenvalue weighted by Gasteiger charge is -2.35. The molecule has 1 fully saturated rings. The van der Waals surface area contributed by atoms with Crippen molar-refractivity contribution in [3.05, 3.63) is 18.5 Å². The molecule has 1 saturated heterocycles. The quantitative estimate of drug-likeness (QED) is 0.555. The lowest BCUT2D eigenvalue weighted by atomic mass is 9.95. The Bertz CT molecular complexity index is 574. The van der Waals surface area contributed by atoms with Gasteiger partial charge in [0.1, 0.15) is 4.90 Å². The highest BCUT2D eigenvalue weighted by Crippen LogP contribution is 2.26. The number of hydrazine groups is 1. The fraction of sp³-hybridized carbons (Fsp3) is 0.583. The summed E-state index contributed by atoms with van der Waals surface area (Å²) in [7, 11) is -3.66. The first kappa shape index (κ1) is 15.2. The van der Waals surface area contributed by atoms with Crippen molar-refractivity contribution in [2.45, 2.75) is 43.2 Å². The fourth-order valence-corrected chi connectivity index (χ4v) is 3.71. The maximum Gasteiger partial charge on any atom is 0.244 e. The highest BCUT2D eigenvalue weighted by atomic mass is 32.2. The van der Waals surface area contributed by atoms with E-state index in [1.165, 1.54) is 18.5 Å². The molecule has 7 nitrogen and oxygen atoms in total. The fourth-order valence-electron chi connectivity index (χ4n) is 2.33. The Hall–Kier alpha value is -1.22. The van der Waals surface area contributed by atoms with Crippen LogP contribution in [0.5, 0.6) is 0 Å². The van der Waals surface area contributed by atoms with Gasteiger partial charge in [-0.05, 0) is 32.8 Å². The molecule has 1 atom stereocenters. The van der Waals surface area contributed by atoms with Crippen molar-refractivity contribution < 1.29 is 13.2 Å². The number of anilines is 1. The number of nitrogens with zero attached hydrogens (tertiary/aromatic N) is 1. The Balaban J connectivity index is 2.19. The number of rotatable bonds is 4. The highest BCUT2D eigenvalue weighted by Gasteiger charge is 2.32. The monoisotopic (exact) mass is 300 g/mol. The number of ether oxygens (including phenoxy) is 1. The Labute approximate surface area is 118 Å². The Kier molecular flexibility index (Phi) is 4.28. The second kappa shape index (κ2) is 5.65. The van der Waals surface area contributed by atoms with Crippen LogP contribution in [-0.2, 0) is 14.8 Å². The minimum absolute atomic E-state index is 0.0480. The van der Waals surface area contributed by atoms with Gasteiger partial charge in [0.15, 0.2) is 0 Å². The summed E-state index contributed by atoms with van der Waals surface area (Å²) in [6, 6.07) is 1.36. The van der Waals surface area contributed by atoms with Gasteiger partial charge in [-0.3, -0.25) is 10.8 Å². The molecule has 0 radical (unpaired) electrons. The number of pyridine rings is 1. The minimum Gasteiger partial charge on any atom is -0.375 e. The van der Waals surface area contributed by atoms with Crippen LogP contribution in [0.25, 0.3) is 0 Å². The van der Waals surface area contributed by atoms with E-state index in [0.29, 0.717) is 25.1 Å². The molecule has 1 aliphatic heterocycles. The normalized spacial score (nSPS) is 22.4. The third-order valence-corrected chi connectivity index (χ3v) is 4.80. The summed E-state index contributed by atoms with van der Waals surface area (Å²) in [4.78, 5) is 3.89. The molecule has 1 aromatic heterocycles. The number of nitrogens with one attached hydrogen (secondary N) is 2. The summed E-state index contributed by atoms with van der Waals surface area (Å²) in [5.74, 6) is 5.33. The van der Waals surface area contributed by atoms with Crippen LogP contribution in [0.3, 0.4) is 0 Å². The van der Waals surface area contributed by atoms with Crippen molar-refractivity contribution in [2.75, 3.05) is 12.0 Å². The molecule has 8 heteroatoms. The first-order chi connectivity index (χ1) is 9.34. The zero-order chi connectivity index (χ0) is 14.8. The van der Waals surface area contributed by atoms with E-state index in [2.05, 4.69) is 15.1 Å². The molecule has 0 saturated carbocycles. The van der Waals surface area contributed by atoms with Gasteiger partial charge in [0.05, 0.1) is 11.3 Å². The van der Waals surface area contributed by atoms with E-state index in [1.807, 2.05) is 13.8 Å².